The first kappa shape index (κ1) is 18.1. The Hall–Kier alpha value is -2.69. The zero-order valence-electron chi connectivity index (χ0n) is 15.6. The van der Waals surface area contributed by atoms with Crippen LogP contribution in [-0.4, -0.2) is 37.7 Å². The smallest absolute Gasteiger partial charge is 0.321 e. The molecule has 2 aromatic carbocycles. The standard InChI is InChI=1S/C21H26N2O3/c1-15-4-6-17-14-16(5-11-20(17)26-15)12-13-25-19-9-7-18(8-10-19)22-21(24)23(2)3/h5,7-11,14-15H,4,6,12-13H2,1-3H3,(H,22,24). The molecule has 0 radical (unpaired) electrons. The molecule has 5 nitrogen and oxygen atoms in total. The maximum atomic E-state index is 11.6. The van der Waals surface area contributed by atoms with E-state index in [1.165, 1.54) is 16.0 Å². The fraction of sp³-hybridized carbons (Fsp3) is 0.381. The van der Waals surface area contributed by atoms with Gasteiger partial charge in [0.05, 0.1) is 12.7 Å². The Balaban J connectivity index is 1.50. The lowest BCUT2D eigenvalue weighted by molar-refractivity contribution is 0.192. The van der Waals surface area contributed by atoms with Crippen LogP contribution in [0, 0.1) is 0 Å². The number of hydrogen-bond acceptors (Lipinski definition) is 3. The molecule has 1 aliphatic rings. The van der Waals surface area contributed by atoms with Gasteiger partial charge in [0.2, 0.25) is 0 Å². The van der Waals surface area contributed by atoms with Gasteiger partial charge in [0.1, 0.15) is 11.5 Å². The van der Waals surface area contributed by atoms with E-state index in [9.17, 15) is 4.79 Å². The minimum Gasteiger partial charge on any atom is -0.493 e. The summed E-state index contributed by atoms with van der Waals surface area (Å²) in [6.07, 6.45) is 3.30. The molecule has 1 heterocycles. The van der Waals surface area contributed by atoms with E-state index in [0.29, 0.717) is 12.7 Å². The van der Waals surface area contributed by atoms with Crippen molar-refractivity contribution in [2.24, 2.45) is 0 Å². The number of rotatable bonds is 5. The van der Waals surface area contributed by atoms with Crippen molar-refractivity contribution in [1.29, 1.82) is 0 Å². The van der Waals surface area contributed by atoms with E-state index < -0.39 is 0 Å². The third kappa shape index (κ3) is 4.69. The van der Waals surface area contributed by atoms with Crippen LogP contribution in [0.25, 0.3) is 0 Å². The van der Waals surface area contributed by atoms with Gasteiger partial charge in [-0.05, 0) is 61.2 Å². The van der Waals surface area contributed by atoms with E-state index in [4.69, 9.17) is 9.47 Å². The molecule has 0 saturated heterocycles. The van der Waals surface area contributed by atoms with E-state index in [-0.39, 0.29) is 6.03 Å². The molecule has 0 fully saturated rings. The summed E-state index contributed by atoms with van der Waals surface area (Å²) in [5.41, 5.74) is 3.30. The molecule has 138 valence electrons. The van der Waals surface area contributed by atoms with E-state index in [2.05, 4.69) is 30.4 Å². The van der Waals surface area contributed by atoms with Gasteiger partial charge in [-0.2, -0.15) is 0 Å². The predicted octanol–water partition coefficient (Wildman–Crippen LogP) is 4.12. The second-order valence-electron chi connectivity index (χ2n) is 6.86. The summed E-state index contributed by atoms with van der Waals surface area (Å²) in [6, 6.07) is 13.7. The second-order valence-corrected chi connectivity index (χ2v) is 6.86. The molecule has 3 rings (SSSR count). The van der Waals surface area contributed by atoms with E-state index in [1.54, 1.807) is 14.1 Å². The zero-order chi connectivity index (χ0) is 18.5. The van der Waals surface area contributed by atoms with Crippen molar-refractivity contribution in [3.63, 3.8) is 0 Å². The molecule has 2 aromatic rings. The molecule has 0 spiro atoms. The van der Waals surface area contributed by atoms with Crippen molar-refractivity contribution in [2.75, 3.05) is 26.0 Å². The number of carbonyl (C=O) groups excluding carboxylic acids is 1. The highest BCUT2D eigenvalue weighted by atomic mass is 16.5. The third-order valence-corrected chi connectivity index (χ3v) is 4.44. The van der Waals surface area contributed by atoms with Gasteiger partial charge in [-0.15, -0.1) is 0 Å². The first-order valence-electron chi connectivity index (χ1n) is 9.01. The van der Waals surface area contributed by atoms with Crippen molar-refractivity contribution in [1.82, 2.24) is 4.90 Å². The number of amides is 2. The van der Waals surface area contributed by atoms with Crippen LogP contribution < -0.4 is 14.8 Å². The van der Waals surface area contributed by atoms with Gasteiger partial charge < -0.3 is 19.7 Å². The average molecular weight is 354 g/mol. The van der Waals surface area contributed by atoms with Crippen LogP contribution in [0.15, 0.2) is 42.5 Å². The number of urea groups is 1. The molecule has 2 amide bonds. The van der Waals surface area contributed by atoms with Gasteiger partial charge in [0.15, 0.2) is 0 Å². The molecule has 1 N–H and O–H groups in total. The highest BCUT2D eigenvalue weighted by Gasteiger charge is 2.16. The summed E-state index contributed by atoms with van der Waals surface area (Å²) >= 11 is 0. The molecule has 26 heavy (non-hydrogen) atoms. The molecule has 1 atom stereocenters. The lowest BCUT2D eigenvalue weighted by Crippen LogP contribution is -2.27. The highest BCUT2D eigenvalue weighted by Crippen LogP contribution is 2.28. The summed E-state index contributed by atoms with van der Waals surface area (Å²) in [4.78, 5) is 13.1. The maximum absolute atomic E-state index is 11.6. The fourth-order valence-corrected chi connectivity index (χ4v) is 2.89. The third-order valence-electron chi connectivity index (χ3n) is 4.44. The first-order chi connectivity index (χ1) is 12.5. The second kappa shape index (κ2) is 8.13. The van der Waals surface area contributed by atoms with E-state index in [0.717, 1.165) is 36.4 Å². The number of fused-ring (bicyclic) bond motifs is 1. The SMILES string of the molecule is CC1CCc2cc(CCOc3ccc(NC(=O)N(C)C)cc3)ccc2O1. The molecular weight excluding hydrogens is 328 g/mol. The van der Waals surface area contributed by atoms with E-state index in [1.807, 2.05) is 24.3 Å². The number of benzene rings is 2. The van der Waals surface area contributed by atoms with Crippen molar-refractivity contribution >= 4 is 11.7 Å². The van der Waals surface area contributed by atoms with Crippen molar-refractivity contribution < 1.29 is 14.3 Å². The topological polar surface area (TPSA) is 50.8 Å². The van der Waals surface area contributed by atoms with Crippen LogP contribution >= 0.6 is 0 Å². The summed E-state index contributed by atoms with van der Waals surface area (Å²) in [7, 11) is 3.42. The van der Waals surface area contributed by atoms with Crippen molar-refractivity contribution in [3.05, 3.63) is 53.6 Å². The van der Waals surface area contributed by atoms with Crippen LogP contribution in [0.2, 0.25) is 0 Å². The minimum absolute atomic E-state index is 0.149. The van der Waals surface area contributed by atoms with Crippen LogP contribution in [0.3, 0.4) is 0 Å². The van der Waals surface area contributed by atoms with Gasteiger partial charge in [0, 0.05) is 26.2 Å². The summed E-state index contributed by atoms with van der Waals surface area (Å²) in [6.45, 7) is 2.72. The molecular formula is C21H26N2O3. The molecule has 1 aliphatic heterocycles. The lowest BCUT2D eigenvalue weighted by atomic mass is 9.99. The number of carbonyl (C=O) groups is 1. The van der Waals surface area contributed by atoms with Crippen LogP contribution in [0.1, 0.15) is 24.5 Å². The summed E-state index contributed by atoms with van der Waals surface area (Å²) < 4.78 is 11.7. The Morgan fingerprint density at radius 2 is 2.00 bits per heavy atom. The minimum atomic E-state index is -0.149. The number of nitrogens with zero attached hydrogens (tertiary/aromatic N) is 1. The van der Waals surface area contributed by atoms with E-state index >= 15 is 0 Å². The molecule has 0 saturated carbocycles. The maximum Gasteiger partial charge on any atom is 0.321 e. The number of hydrogen-bond donors (Lipinski definition) is 1. The average Bonchev–Trinajstić information content (AvgIpc) is 2.63. The van der Waals surface area contributed by atoms with Gasteiger partial charge >= 0.3 is 6.03 Å². The molecule has 0 bridgehead atoms. The molecule has 1 unspecified atom stereocenters. The first-order valence-corrected chi connectivity index (χ1v) is 9.01. The van der Waals surface area contributed by atoms with Crippen molar-refractivity contribution in [3.8, 4) is 11.5 Å². The summed E-state index contributed by atoms with van der Waals surface area (Å²) in [5, 5.41) is 2.80. The fourth-order valence-electron chi connectivity index (χ4n) is 2.89. The Labute approximate surface area is 154 Å². The normalized spacial score (nSPS) is 15.6. The van der Waals surface area contributed by atoms with Crippen LogP contribution in [0.5, 0.6) is 11.5 Å². The Morgan fingerprint density at radius 1 is 1.23 bits per heavy atom. The summed E-state index contributed by atoms with van der Waals surface area (Å²) in [5.74, 6) is 1.81. The van der Waals surface area contributed by atoms with Crippen molar-refractivity contribution in [2.45, 2.75) is 32.3 Å². The van der Waals surface area contributed by atoms with Crippen LogP contribution in [-0.2, 0) is 12.8 Å². The predicted molar refractivity (Wildman–Crippen MR) is 103 cm³/mol. The Kier molecular flexibility index (Phi) is 5.66. The lowest BCUT2D eigenvalue weighted by Gasteiger charge is -2.23. The highest BCUT2D eigenvalue weighted by molar-refractivity contribution is 5.88. The Bertz CT molecular complexity index is 756. The van der Waals surface area contributed by atoms with Crippen LogP contribution in [0.4, 0.5) is 10.5 Å². The molecule has 0 aromatic heterocycles. The Morgan fingerprint density at radius 3 is 2.73 bits per heavy atom. The monoisotopic (exact) mass is 354 g/mol. The zero-order valence-corrected chi connectivity index (χ0v) is 15.6. The number of nitrogens with one attached hydrogen (secondary N) is 1. The quantitative estimate of drug-likeness (QED) is 0.879. The largest absolute Gasteiger partial charge is 0.493 e. The van der Waals surface area contributed by atoms with Gasteiger partial charge in [-0.25, -0.2) is 4.79 Å². The van der Waals surface area contributed by atoms with Gasteiger partial charge in [-0.3, -0.25) is 0 Å². The molecule has 5 heteroatoms. The number of aryl methyl sites for hydroxylation is 1. The van der Waals surface area contributed by atoms with Gasteiger partial charge in [0.25, 0.3) is 0 Å². The van der Waals surface area contributed by atoms with Gasteiger partial charge in [-0.1, -0.05) is 12.1 Å². The number of anilines is 1. The number of ether oxygens (including phenoxy) is 2. The molecule has 0 aliphatic carbocycles.